The van der Waals surface area contributed by atoms with Crippen molar-refractivity contribution in [3.05, 3.63) is 0 Å². The summed E-state index contributed by atoms with van der Waals surface area (Å²) in [5.41, 5.74) is 0.337. The summed E-state index contributed by atoms with van der Waals surface area (Å²) in [6.07, 6.45) is 11.0. The third-order valence-electron chi connectivity index (χ3n) is 5.34. The maximum atomic E-state index is 6.04. The van der Waals surface area contributed by atoms with Gasteiger partial charge in [0.1, 0.15) is 0 Å². The van der Waals surface area contributed by atoms with Crippen molar-refractivity contribution in [1.82, 2.24) is 5.32 Å². The SMILES string of the molecule is CNC1CCCC1C1CCOC2(CCC2)C1. The molecule has 1 saturated heterocycles. The summed E-state index contributed by atoms with van der Waals surface area (Å²) in [4.78, 5) is 0. The molecule has 0 aromatic heterocycles. The van der Waals surface area contributed by atoms with Crippen molar-refractivity contribution in [2.24, 2.45) is 11.8 Å². The Morgan fingerprint density at radius 3 is 2.69 bits per heavy atom. The topological polar surface area (TPSA) is 21.3 Å². The van der Waals surface area contributed by atoms with Gasteiger partial charge in [-0.15, -0.1) is 0 Å². The standard InChI is InChI=1S/C14H25NO/c1-15-13-5-2-4-12(13)11-6-9-16-14(10-11)7-3-8-14/h11-13,15H,2-10H2,1H3. The van der Waals surface area contributed by atoms with Crippen LogP contribution in [-0.2, 0) is 4.74 Å². The molecule has 2 heteroatoms. The fraction of sp³-hybridized carbons (Fsp3) is 1.00. The van der Waals surface area contributed by atoms with E-state index in [2.05, 4.69) is 12.4 Å². The summed E-state index contributed by atoms with van der Waals surface area (Å²) in [5, 5.41) is 3.53. The van der Waals surface area contributed by atoms with E-state index in [9.17, 15) is 0 Å². The Balaban J connectivity index is 1.65. The van der Waals surface area contributed by atoms with Gasteiger partial charge in [-0.3, -0.25) is 0 Å². The first kappa shape index (κ1) is 11.0. The molecular formula is C14H25NO. The van der Waals surface area contributed by atoms with Gasteiger partial charge < -0.3 is 10.1 Å². The predicted octanol–water partition coefficient (Wildman–Crippen LogP) is 2.72. The van der Waals surface area contributed by atoms with Crippen LogP contribution in [0.5, 0.6) is 0 Å². The Labute approximate surface area is 99.1 Å². The molecule has 0 aromatic carbocycles. The monoisotopic (exact) mass is 223 g/mol. The lowest BCUT2D eigenvalue weighted by molar-refractivity contribution is -0.150. The molecule has 0 radical (unpaired) electrons. The number of ether oxygens (including phenoxy) is 1. The Bertz CT molecular complexity index is 249. The van der Waals surface area contributed by atoms with Crippen molar-refractivity contribution in [2.45, 2.75) is 63.0 Å². The molecule has 1 spiro atoms. The molecule has 0 amide bonds. The molecule has 3 rings (SSSR count). The molecular weight excluding hydrogens is 198 g/mol. The molecule has 2 nitrogen and oxygen atoms in total. The molecule has 3 unspecified atom stereocenters. The summed E-state index contributed by atoms with van der Waals surface area (Å²) in [7, 11) is 2.14. The van der Waals surface area contributed by atoms with Gasteiger partial charge in [-0.1, -0.05) is 6.42 Å². The van der Waals surface area contributed by atoms with Gasteiger partial charge in [0.25, 0.3) is 0 Å². The lowest BCUT2D eigenvalue weighted by Crippen LogP contribution is -2.48. The third-order valence-corrected chi connectivity index (χ3v) is 5.34. The van der Waals surface area contributed by atoms with Gasteiger partial charge in [0.05, 0.1) is 5.60 Å². The van der Waals surface area contributed by atoms with Crippen LogP contribution >= 0.6 is 0 Å². The number of nitrogens with one attached hydrogen (secondary N) is 1. The summed E-state index contributed by atoms with van der Waals surface area (Å²) in [6.45, 7) is 1.03. The first-order valence-corrected chi connectivity index (χ1v) is 7.14. The molecule has 1 aliphatic heterocycles. The molecule has 3 aliphatic rings. The maximum absolute atomic E-state index is 6.04. The second kappa shape index (κ2) is 4.30. The largest absolute Gasteiger partial charge is 0.375 e. The second-order valence-corrected chi connectivity index (χ2v) is 6.13. The third kappa shape index (κ3) is 1.80. The zero-order valence-electron chi connectivity index (χ0n) is 10.5. The lowest BCUT2D eigenvalue weighted by Gasteiger charge is -2.49. The average molecular weight is 223 g/mol. The summed E-state index contributed by atoms with van der Waals surface area (Å²) in [5.74, 6) is 1.88. The predicted molar refractivity (Wildman–Crippen MR) is 65.4 cm³/mol. The number of hydrogen-bond acceptors (Lipinski definition) is 2. The average Bonchev–Trinajstić information content (AvgIpc) is 2.75. The summed E-state index contributed by atoms with van der Waals surface area (Å²) < 4.78 is 6.04. The molecule has 3 fully saturated rings. The lowest BCUT2D eigenvalue weighted by atomic mass is 9.68. The molecule has 1 heterocycles. The highest BCUT2D eigenvalue weighted by Gasteiger charge is 2.45. The minimum Gasteiger partial charge on any atom is -0.375 e. The first-order valence-electron chi connectivity index (χ1n) is 7.14. The first-order chi connectivity index (χ1) is 7.83. The van der Waals surface area contributed by atoms with Crippen LogP contribution < -0.4 is 5.32 Å². The van der Waals surface area contributed by atoms with E-state index in [1.807, 2.05) is 0 Å². The van der Waals surface area contributed by atoms with E-state index in [1.54, 1.807) is 0 Å². The van der Waals surface area contributed by atoms with E-state index in [0.29, 0.717) is 5.60 Å². The van der Waals surface area contributed by atoms with Crippen molar-refractivity contribution in [1.29, 1.82) is 0 Å². The molecule has 0 aromatic rings. The Hall–Kier alpha value is -0.0800. The quantitative estimate of drug-likeness (QED) is 0.777. The highest BCUT2D eigenvalue weighted by molar-refractivity contribution is 4.98. The van der Waals surface area contributed by atoms with Gasteiger partial charge in [-0.25, -0.2) is 0 Å². The minimum absolute atomic E-state index is 0.337. The molecule has 2 aliphatic carbocycles. The van der Waals surface area contributed by atoms with E-state index in [4.69, 9.17) is 4.74 Å². The molecule has 92 valence electrons. The van der Waals surface area contributed by atoms with Gasteiger partial charge >= 0.3 is 0 Å². The van der Waals surface area contributed by atoms with Crippen LogP contribution in [0.4, 0.5) is 0 Å². The fourth-order valence-corrected chi connectivity index (χ4v) is 4.26. The Morgan fingerprint density at radius 2 is 2.00 bits per heavy atom. The van der Waals surface area contributed by atoms with Gasteiger partial charge in [-0.05, 0) is 63.8 Å². The molecule has 16 heavy (non-hydrogen) atoms. The Morgan fingerprint density at radius 1 is 1.12 bits per heavy atom. The van der Waals surface area contributed by atoms with Gasteiger partial charge in [0, 0.05) is 12.6 Å². The van der Waals surface area contributed by atoms with Crippen LogP contribution in [0.1, 0.15) is 51.4 Å². The maximum Gasteiger partial charge on any atom is 0.0685 e. The van der Waals surface area contributed by atoms with Gasteiger partial charge in [0.2, 0.25) is 0 Å². The zero-order valence-corrected chi connectivity index (χ0v) is 10.5. The number of hydrogen-bond donors (Lipinski definition) is 1. The van der Waals surface area contributed by atoms with Crippen LogP contribution in [0.3, 0.4) is 0 Å². The van der Waals surface area contributed by atoms with Crippen LogP contribution in [0.15, 0.2) is 0 Å². The molecule has 2 saturated carbocycles. The van der Waals surface area contributed by atoms with Crippen molar-refractivity contribution >= 4 is 0 Å². The van der Waals surface area contributed by atoms with Crippen molar-refractivity contribution in [3.63, 3.8) is 0 Å². The van der Waals surface area contributed by atoms with Crippen LogP contribution in [0.25, 0.3) is 0 Å². The molecule has 3 atom stereocenters. The zero-order chi connectivity index (χ0) is 11.0. The van der Waals surface area contributed by atoms with E-state index >= 15 is 0 Å². The van der Waals surface area contributed by atoms with Crippen LogP contribution in [-0.4, -0.2) is 25.3 Å². The number of rotatable bonds is 2. The van der Waals surface area contributed by atoms with Crippen LogP contribution in [0, 0.1) is 11.8 Å². The van der Waals surface area contributed by atoms with Crippen LogP contribution in [0.2, 0.25) is 0 Å². The van der Waals surface area contributed by atoms with Gasteiger partial charge in [-0.2, -0.15) is 0 Å². The highest BCUT2D eigenvalue weighted by Crippen LogP contribution is 2.48. The van der Waals surface area contributed by atoms with E-state index < -0.39 is 0 Å². The van der Waals surface area contributed by atoms with E-state index in [-0.39, 0.29) is 0 Å². The van der Waals surface area contributed by atoms with E-state index in [1.165, 1.54) is 51.4 Å². The summed E-state index contributed by atoms with van der Waals surface area (Å²) in [6, 6.07) is 0.792. The second-order valence-electron chi connectivity index (χ2n) is 6.13. The highest BCUT2D eigenvalue weighted by atomic mass is 16.5. The van der Waals surface area contributed by atoms with E-state index in [0.717, 1.165) is 24.5 Å². The normalized spacial score (nSPS) is 42.2. The summed E-state index contributed by atoms with van der Waals surface area (Å²) >= 11 is 0. The fourth-order valence-electron chi connectivity index (χ4n) is 4.26. The Kier molecular flexibility index (Phi) is 2.97. The smallest absolute Gasteiger partial charge is 0.0685 e. The van der Waals surface area contributed by atoms with Gasteiger partial charge in [0.15, 0.2) is 0 Å². The van der Waals surface area contributed by atoms with Crippen molar-refractivity contribution in [2.75, 3.05) is 13.7 Å². The van der Waals surface area contributed by atoms with Crippen molar-refractivity contribution in [3.8, 4) is 0 Å². The minimum atomic E-state index is 0.337. The molecule has 1 N–H and O–H groups in total. The molecule has 0 bridgehead atoms. The van der Waals surface area contributed by atoms with Crippen molar-refractivity contribution < 1.29 is 4.74 Å².